The predicted molar refractivity (Wildman–Crippen MR) is 61.8 cm³/mol. The fourth-order valence-electron chi connectivity index (χ4n) is 2.43. The lowest BCUT2D eigenvalue weighted by atomic mass is 9.89. The van der Waals surface area contributed by atoms with Gasteiger partial charge in [-0.15, -0.1) is 11.6 Å². The third kappa shape index (κ3) is 3.78. The highest BCUT2D eigenvalue weighted by atomic mass is 35.5. The molecule has 0 aromatic carbocycles. The van der Waals surface area contributed by atoms with Gasteiger partial charge in [-0.05, 0) is 50.6 Å². The third-order valence-corrected chi connectivity index (χ3v) is 3.97. The SMILES string of the molecule is ClC1CCCC(CNCCC2CC2)C1. The maximum Gasteiger partial charge on any atom is 0.0339 e. The summed E-state index contributed by atoms with van der Waals surface area (Å²) >= 11 is 6.16. The van der Waals surface area contributed by atoms with Gasteiger partial charge in [0.25, 0.3) is 0 Å². The molecule has 0 heterocycles. The summed E-state index contributed by atoms with van der Waals surface area (Å²) in [6, 6.07) is 0. The first-order valence-corrected chi connectivity index (χ1v) is 6.63. The van der Waals surface area contributed by atoms with E-state index in [1.807, 2.05) is 0 Å². The Hall–Kier alpha value is 0.250. The number of hydrogen-bond acceptors (Lipinski definition) is 1. The summed E-state index contributed by atoms with van der Waals surface area (Å²) in [6.07, 6.45) is 9.56. The van der Waals surface area contributed by atoms with Gasteiger partial charge in [-0.1, -0.05) is 19.3 Å². The fraction of sp³-hybridized carbons (Fsp3) is 1.00. The van der Waals surface area contributed by atoms with E-state index in [-0.39, 0.29) is 0 Å². The first-order valence-electron chi connectivity index (χ1n) is 6.19. The Morgan fingerprint density at radius 1 is 1.07 bits per heavy atom. The molecule has 14 heavy (non-hydrogen) atoms. The van der Waals surface area contributed by atoms with Crippen molar-refractivity contribution in [1.29, 1.82) is 0 Å². The van der Waals surface area contributed by atoms with Gasteiger partial charge in [0.1, 0.15) is 0 Å². The van der Waals surface area contributed by atoms with Crippen molar-refractivity contribution in [2.45, 2.75) is 50.3 Å². The van der Waals surface area contributed by atoms with E-state index in [0.717, 1.165) is 11.8 Å². The summed E-state index contributed by atoms with van der Waals surface area (Å²) in [5.74, 6) is 1.92. The Kier molecular flexibility index (Phi) is 4.12. The highest BCUT2D eigenvalue weighted by Crippen LogP contribution is 2.32. The van der Waals surface area contributed by atoms with Gasteiger partial charge in [0.2, 0.25) is 0 Å². The van der Waals surface area contributed by atoms with Crippen LogP contribution in [0.1, 0.15) is 44.9 Å². The molecule has 2 fully saturated rings. The number of alkyl halides is 1. The summed E-state index contributed by atoms with van der Waals surface area (Å²) in [5.41, 5.74) is 0. The van der Waals surface area contributed by atoms with Crippen LogP contribution in [0.5, 0.6) is 0 Å². The zero-order chi connectivity index (χ0) is 9.80. The van der Waals surface area contributed by atoms with Gasteiger partial charge < -0.3 is 5.32 Å². The zero-order valence-corrected chi connectivity index (χ0v) is 9.73. The van der Waals surface area contributed by atoms with E-state index in [9.17, 15) is 0 Å². The lowest BCUT2D eigenvalue weighted by Crippen LogP contribution is -2.28. The summed E-state index contributed by atoms with van der Waals surface area (Å²) in [6.45, 7) is 2.43. The largest absolute Gasteiger partial charge is 0.316 e. The molecule has 1 N–H and O–H groups in total. The van der Waals surface area contributed by atoms with E-state index in [0.29, 0.717) is 5.38 Å². The smallest absolute Gasteiger partial charge is 0.0339 e. The van der Waals surface area contributed by atoms with Gasteiger partial charge in [0.05, 0.1) is 0 Å². The first kappa shape index (κ1) is 10.8. The maximum absolute atomic E-state index is 6.16. The van der Waals surface area contributed by atoms with Gasteiger partial charge in [-0.2, -0.15) is 0 Å². The second-order valence-electron chi connectivity index (χ2n) is 5.07. The van der Waals surface area contributed by atoms with Crippen LogP contribution in [0.25, 0.3) is 0 Å². The van der Waals surface area contributed by atoms with Crippen molar-refractivity contribution in [3.05, 3.63) is 0 Å². The number of rotatable bonds is 5. The normalized spacial score (nSPS) is 33.2. The average Bonchev–Trinajstić information content (AvgIpc) is 2.96. The van der Waals surface area contributed by atoms with Gasteiger partial charge >= 0.3 is 0 Å². The number of nitrogens with one attached hydrogen (secondary N) is 1. The minimum atomic E-state index is 0.457. The van der Waals surface area contributed by atoms with E-state index >= 15 is 0 Å². The minimum Gasteiger partial charge on any atom is -0.316 e. The lowest BCUT2D eigenvalue weighted by Gasteiger charge is -2.25. The highest BCUT2D eigenvalue weighted by Gasteiger charge is 2.21. The van der Waals surface area contributed by atoms with Crippen molar-refractivity contribution >= 4 is 11.6 Å². The van der Waals surface area contributed by atoms with Gasteiger partial charge in [-0.25, -0.2) is 0 Å². The van der Waals surface area contributed by atoms with Crippen molar-refractivity contribution in [3.63, 3.8) is 0 Å². The molecular weight excluding hydrogens is 194 g/mol. The predicted octanol–water partition coefficient (Wildman–Crippen LogP) is 3.17. The Bertz CT molecular complexity index is 168. The molecule has 2 aliphatic rings. The highest BCUT2D eigenvalue weighted by molar-refractivity contribution is 6.20. The molecule has 0 spiro atoms. The molecule has 2 atom stereocenters. The topological polar surface area (TPSA) is 12.0 Å². The molecular formula is C12H22ClN. The molecule has 2 rings (SSSR count). The van der Waals surface area contributed by atoms with Crippen LogP contribution >= 0.6 is 11.6 Å². The third-order valence-electron chi connectivity index (χ3n) is 3.58. The van der Waals surface area contributed by atoms with Crippen LogP contribution in [0.2, 0.25) is 0 Å². The van der Waals surface area contributed by atoms with Crippen molar-refractivity contribution in [2.24, 2.45) is 11.8 Å². The van der Waals surface area contributed by atoms with Gasteiger partial charge in [0.15, 0.2) is 0 Å². The van der Waals surface area contributed by atoms with Crippen LogP contribution in [-0.2, 0) is 0 Å². The van der Waals surface area contributed by atoms with Crippen molar-refractivity contribution in [2.75, 3.05) is 13.1 Å². The van der Waals surface area contributed by atoms with E-state index in [2.05, 4.69) is 5.32 Å². The molecule has 0 saturated heterocycles. The van der Waals surface area contributed by atoms with Crippen molar-refractivity contribution in [3.8, 4) is 0 Å². The Balaban J connectivity index is 1.50. The Morgan fingerprint density at radius 3 is 2.64 bits per heavy atom. The number of halogens is 1. The molecule has 0 bridgehead atoms. The van der Waals surface area contributed by atoms with Crippen LogP contribution in [0.4, 0.5) is 0 Å². The van der Waals surface area contributed by atoms with Gasteiger partial charge in [-0.3, -0.25) is 0 Å². The first-order chi connectivity index (χ1) is 6.84. The molecule has 2 aliphatic carbocycles. The molecule has 0 amide bonds. The summed E-state index contributed by atoms with van der Waals surface area (Å²) < 4.78 is 0. The second kappa shape index (κ2) is 5.37. The monoisotopic (exact) mass is 215 g/mol. The molecule has 0 aromatic rings. The van der Waals surface area contributed by atoms with E-state index in [4.69, 9.17) is 11.6 Å². The molecule has 2 saturated carbocycles. The quantitative estimate of drug-likeness (QED) is 0.549. The van der Waals surface area contributed by atoms with E-state index in [1.165, 1.54) is 58.0 Å². The minimum absolute atomic E-state index is 0.457. The van der Waals surface area contributed by atoms with Crippen molar-refractivity contribution in [1.82, 2.24) is 5.32 Å². The summed E-state index contributed by atoms with van der Waals surface area (Å²) in [7, 11) is 0. The molecule has 1 nitrogen and oxygen atoms in total. The van der Waals surface area contributed by atoms with Crippen molar-refractivity contribution < 1.29 is 0 Å². The second-order valence-corrected chi connectivity index (χ2v) is 5.68. The average molecular weight is 216 g/mol. The maximum atomic E-state index is 6.16. The van der Waals surface area contributed by atoms with Gasteiger partial charge in [0, 0.05) is 5.38 Å². The summed E-state index contributed by atoms with van der Waals surface area (Å²) in [5, 5.41) is 4.05. The van der Waals surface area contributed by atoms with Crippen LogP contribution in [0.15, 0.2) is 0 Å². The molecule has 2 heteroatoms. The standard InChI is InChI=1S/C12H22ClN/c13-12-3-1-2-11(8-12)9-14-7-6-10-4-5-10/h10-12,14H,1-9H2. The molecule has 2 unspecified atom stereocenters. The molecule has 82 valence electrons. The Labute approximate surface area is 92.6 Å². The van der Waals surface area contributed by atoms with Crippen LogP contribution < -0.4 is 5.32 Å². The summed E-state index contributed by atoms with van der Waals surface area (Å²) in [4.78, 5) is 0. The molecule has 0 aromatic heterocycles. The van der Waals surface area contributed by atoms with E-state index in [1.54, 1.807) is 0 Å². The van der Waals surface area contributed by atoms with Crippen LogP contribution in [0.3, 0.4) is 0 Å². The van der Waals surface area contributed by atoms with Crippen LogP contribution in [0, 0.1) is 11.8 Å². The molecule has 0 radical (unpaired) electrons. The zero-order valence-electron chi connectivity index (χ0n) is 8.97. The fourth-order valence-corrected chi connectivity index (χ4v) is 2.84. The molecule has 0 aliphatic heterocycles. The van der Waals surface area contributed by atoms with E-state index < -0.39 is 0 Å². The lowest BCUT2D eigenvalue weighted by molar-refractivity contribution is 0.345. The van der Waals surface area contributed by atoms with Crippen LogP contribution in [-0.4, -0.2) is 18.5 Å². The Morgan fingerprint density at radius 2 is 1.93 bits per heavy atom. The number of hydrogen-bond donors (Lipinski definition) is 1.